The van der Waals surface area contributed by atoms with Crippen LogP contribution < -0.4 is 5.49 Å². The molecule has 0 bridgehead atoms. The van der Waals surface area contributed by atoms with Crippen LogP contribution in [0.5, 0.6) is 0 Å². The number of halogens is 1. The van der Waals surface area contributed by atoms with E-state index in [1.807, 2.05) is 6.20 Å². The fourth-order valence-electron chi connectivity index (χ4n) is 0.987. The van der Waals surface area contributed by atoms with Gasteiger partial charge in [-0.2, -0.15) is 0 Å². The maximum Gasteiger partial charge on any atom is 0.146 e. The molecule has 12 heavy (non-hydrogen) atoms. The van der Waals surface area contributed by atoms with Crippen LogP contribution in [0.25, 0.3) is 0 Å². The van der Waals surface area contributed by atoms with Crippen LogP contribution in [0.3, 0.4) is 0 Å². The Kier molecular flexibility index (Phi) is 3.03. The summed E-state index contributed by atoms with van der Waals surface area (Å²) >= 11 is 3.32. The molecule has 0 spiro atoms. The van der Waals surface area contributed by atoms with Crippen molar-refractivity contribution >= 4 is 15.9 Å². The first-order valence-electron chi connectivity index (χ1n) is 3.81. The number of aromatic nitrogens is 2. The van der Waals surface area contributed by atoms with E-state index in [-0.39, 0.29) is 0 Å². The maximum atomic E-state index is 4.11. The van der Waals surface area contributed by atoms with Gasteiger partial charge < -0.3 is 4.57 Å². The molecule has 4 heteroatoms. The number of nitrogens with zero attached hydrogens (tertiary/aromatic N) is 3. The molecule has 0 aliphatic heterocycles. The molecule has 1 aromatic heterocycles. The standard InChI is InChI=1S/C8H12BrN3/c1-6(2)12-5-7(9)11-4-8(12)10-3/h4-6H,1-3H3/b10-8-. The lowest BCUT2D eigenvalue weighted by molar-refractivity contribution is 0.562. The fourth-order valence-corrected chi connectivity index (χ4v) is 1.31. The molecule has 3 nitrogen and oxygen atoms in total. The summed E-state index contributed by atoms with van der Waals surface area (Å²) < 4.78 is 2.90. The van der Waals surface area contributed by atoms with E-state index in [2.05, 4.69) is 44.3 Å². The molecule has 0 saturated heterocycles. The highest BCUT2D eigenvalue weighted by atomic mass is 79.9. The summed E-state index contributed by atoms with van der Waals surface area (Å²) in [5.41, 5.74) is 0.896. The second kappa shape index (κ2) is 3.85. The molecule has 0 atom stereocenters. The molecular weight excluding hydrogens is 218 g/mol. The number of rotatable bonds is 1. The zero-order chi connectivity index (χ0) is 9.14. The van der Waals surface area contributed by atoms with Crippen molar-refractivity contribution in [2.45, 2.75) is 19.9 Å². The van der Waals surface area contributed by atoms with Crippen molar-refractivity contribution in [3.05, 3.63) is 22.5 Å². The van der Waals surface area contributed by atoms with Gasteiger partial charge in [-0.1, -0.05) is 0 Å². The highest BCUT2D eigenvalue weighted by Crippen LogP contribution is 2.05. The fraction of sp³-hybridized carbons (Fsp3) is 0.500. The smallest absolute Gasteiger partial charge is 0.146 e. The molecular formula is C8H12BrN3. The van der Waals surface area contributed by atoms with Gasteiger partial charge in [0.1, 0.15) is 10.1 Å². The minimum Gasteiger partial charge on any atom is -0.327 e. The van der Waals surface area contributed by atoms with Crippen molar-refractivity contribution in [3.8, 4) is 0 Å². The summed E-state index contributed by atoms with van der Waals surface area (Å²) in [6.07, 6.45) is 3.69. The summed E-state index contributed by atoms with van der Waals surface area (Å²) in [6, 6.07) is 0.406. The first kappa shape index (κ1) is 9.45. The molecule has 1 aromatic rings. The molecule has 1 rings (SSSR count). The van der Waals surface area contributed by atoms with E-state index in [0.717, 1.165) is 10.1 Å². The van der Waals surface area contributed by atoms with E-state index < -0.39 is 0 Å². The van der Waals surface area contributed by atoms with Crippen molar-refractivity contribution < 1.29 is 0 Å². The monoisotopic (exact) mass is 229 g/mol. The van der Waals surface area contributed by atoms with E-state index in [9.17, 15) is 0 Å². The van der Waals surface area contributed by atoms with Gasteiger partial charge in [0.05, 0.1) is 6.20 Å². The van der Waals surface area contributed by atoms with Crippen LogP contribution in [0.4, 0.5) is 0 Å². The normalized spacial score (nSPS) is 12.6. The zero-order valence-corrected chi connectivity index (χ0v) is 9.04. The van der Waals surface area contributed by atoms with Crippen molar-refractivity contribution in [2.24, 2.45) is 4.99 Å². The van der Waals surface area contributed by atoms with Crippen LogP contribution in [0.2, 0.25) is 0 Å². The quantitative estimate of drug-likeness (QED) is 0.722. The number of hydrogen-bond donors (Lipinski definition) is 0. The van der Waals surface area contributed by atoms with Crippen molar-refractivity contribution in [1.82, 2.24) is 9.55 Å². The van der Waals surface area contributed by atoms with Gasteiger partial charge in [0.15, 0.2) is 0 Å². The van der Waals surface area contributed by atoms with E-state index >= 15 is 0 Å². The van der Waals surface area contributed by atoms with Crippen molar-refractivity contribution in [1.29, 1.82) is 0 Å². The Morgan fingerprint density at radius 3 is 2.75 bits per heavy atom. The van der Waals surface area contributed by atoms with Crippen LogP contribution in [0.15, 0.2) is 22.0 Å². The SMILES string of the molecule is C/N=c1/cnc(Br)cn1C(C)C. The van der Waals surface area contributed by atoms with E-state index in [1.54, 1.807) is 13.2 Å². The molecule has 0 saturated carbocycles. The molecule has 66 valence electrons. The zero-order valence-electron chi connectivity index (χ0n) is 7.45. The van der Waals surface area contributed by atoms with E-state index in [1.165, 1.54) is 0 Å². The summed E-state index contributed by atoms with van der Waals surface area (Å²) in [7, 11) is 1.77. The van der Waals surface area contributed by atoms with Crippen molar-refractivity contribution in [2.75, 3.05) is 7.05 Å². The highest BCUT2D eigenvalue weighted by molar-refractivity contribution is 9.10. The molecule has 1 heterocycles. The summed E-state index contributed by atoms with van der Waals surface area (Å²) in [5.74, 6) is 0. The van der Waals surface area contributed by atoms with Gasteiger partial charge in [-0.3, -0.25) is 4.99 Å². The molecule has 0 N–H and O–H groups in total. The minimum atomic E-state index is 0.406. The Morgan fingerprint density at radius 1 is 1.58 bits per heavy atom. The molecule has 0 amide bonds. The third kappa shape index (κ3) is 1.94. The average Bonchev–Trinajstić information content (AvgIpc) is 2.04. The third-order valence-electron chi connectivity index (χ3n) is 1.60. The predicted molar refractivity (Wildman–Crippen MR) is 51.8 cm³/mol. The third-order valence-corrected chi connectivity index (χ3v) is 2.01. The highest BCUT2D eigenvalue weighted by Gasteiger charge is 1.98. The van der Waals surface area contributed by atoms with Gasteiger partial charge in [-0.05, 0) is 29.8 Å². The van der Waals surface area contributed by atoms with Crippen LogP contribution in [-0.4, -0.2) is 16.6 Å². The van der Waals surface area contributed by atoms with Gasteiger partial charge in [0, 0.05) is 19.3 Å². The lowest BCUT2D eigenvalue weighted by Crippen LogP contribution is -2.22. The molecule has 0 aliphatic carbocycles. The second-order valence-electron chi connectivity index (χ2n) is 2.79. The molecule has 0 fully saturated rings. The Labute approximate surface area is 80.3 Å². The van der Waals surface area contributed by atoms with Gasteiger partial charge in [0.25, 0.3) is 0 Å². The minimum absolute atomic E-state index is 0.406. The van der Waals surface area contributed by atoms with E-state index in [4.69, 9.17) is 0 Å². The first-order chi connectivity index (χ1) is 5.65. The second-order valence-corrected chi connectivity index (χ2v) is 3.61. The lowest BCUT2D eigenvalue weighted by atomic mass is 10.4. The van der Waals surface area contributed by atoms with Crippen molar-refractivity contribution in [3.63, 3.8) is 0 Å². The summed E-state index contributed by atoms with van der Waals surface area (Å²) in [5, 5.41) is 0. The first-order valence-corrected chi connectivity index (χ1v) is 4.61. The van der Waals surface area contributed by atoms with E-state index in [0.29, 0.717) is 6.04 Å². The largest absolute Gasteiger partial charge is 0.327 e. The summed E-state index contributed by atoms with van der Waals surface area (Å²) in [4.78, 5) is 8.21. The Bertz CT molecular complexity index is 327. The van der Waals surface area contributed by atoms with Gasteiger partial charge in [0.2, 0.25) is 0 Å². The van der Waals surface area contributed by atoms with Crippen LogP contribution in [-0.2, 0) is 0 Å². The molecule has 0 unspecified atom stereocenters. The lowest BCUT2D eigenvalue weighted by Gasteiger charge is -2.10. The Hall–Kier alpha value is -0.640. The predicted octanol–water partition coefficient (Wildman–Crippen LogP) is 1.76. The van der Waals surface area contributed by atoms with Crippen LogP contribution >= 0.6 is 15.9 Å². The molecule has 0 aromatic carbocycles. The van der Waals surface area contributed by atoms with Gasteiger partial charge in [-0.25, -0.2) is 4.98 Å². The average molecular weight is 230 g/mol. The number of hydrogen-bond acceptors (Lipinski definition) is 2. The molecule has 0 radical (unpaired) electrons. The van der Waals surface area contributed by atoms with Crippen LogP contribution in [0, 0.1) is 0 Å². The topological polar surface area (TPSA) is 30.2 Å². The Morgan fingerprint density at radius 2 is 2.25 bits per heavy atom. The van der Waals surface area contributed by atoms with Gasteiger partial charge >= 0.3 is 0 Å². The Balaban J connectivity index is 3.32. The van der Waals surface area contributed by atoms with Crippen LogP contribution in [0.1, 0.15) is 19.9 Å². The summed E-state index contributed by atoms with van der Waals surface area (Å²) in [6.45, 7) is 4.22. The van der Waals surface area contributed by atoms with Gasteiger partial charge in [-0.15, -0.1) is 0 Å². The maximum absolute atomic E-state index is 4.11. The molecule has 0 aliphatic rings.